The van der Waals surface area contributed by atoms with E-state index in [2.05, 4.69) is 39.1 Å². The van der Waals surface area contributed by atoms with E-state index in [1.54, 1.807) is 17.9 Å². The first-order chi connectivity index (χ1) is 17.9. The number of hydrogen-bond donors (Lipinski definition) is 2. The Kier molecular flexibility index (Phi) is 7.02. The molecule has 0 amide bonds. The van der Waals surface area contributed by atoms with Crippen LogP contribution in [0.4, 0.5) is 5.82 Å². The maximum absolute atomic E-state index is 13.6. The average molecular weight is 520 g/mol. The van der Waals surface area contributed by atoms with Crippen molar-refractivity contribution in [2.75, 3.05) is 12.4 Å². The van der Waals surface area contributed by atoms with Gasteiger partial charge in [0.2, 0.25) is 5.88 Å². The summed E-state index contributed by atoms with van der Waals surface area (Å²) in [6, 6.07) is 3.75. The highest BCUT2D eigenvalue weighted by molar-refractivity contribution is 7.97. The molecular weight excluding hydrogens is 490 g/mol. The van der Waals surface area contributed by atoms with Crippen molar-refractivity contribution in [2.24, 2.45) is 11.1 Å². The zero-order valence-electron chi connectivity index (χ0n) is 21.2. The van der Waals surface area contributed by atoms with Crippen LogP contribution >= 0.6 is 11.9 Å². The van der Waals surface area contributed by atoms with E-state index in [4.69, 9.17) is 19.8 Å². The zero-order chi connectivity index (χ0) is 26.1. The minimum absolute atomic E-state index is 0.203. The number of nitrogens with zero attached hydrogens (tertiary/aromatic N) is 7. The number of methoxy groups -OCH3 is 1. The normalized spacial score (nSPS) is 13.4. The molecule has 11 nitrogen and oxygen atoms in total. The number of aromatic nitrogens is 7. The van der Waals surface area contributed by atoms with Crippen LogP contribution in [0, 0.1) is 12.8 Å². The molecule has 4 heterocycles. The summed E-state index contributed by atoms with van der Waals surface area (Å²) in [6.45, 7) is 6.79. The lowest BCUT2D eigenvalue weighted by Crippen LogP contribution is -2.28. The summed E-state index contributed by atoms with van der Waals surface area (Å²) >= 11 is 1.13. The van der Waals surface area contributed by atoms with E-state index < -0.39 is 0 Å². The van der Waals surface area contributed by atoms with Gasteiger partial charge in [-0.2, -0.15) is 0 Å². The maximum atomic E-state index is 13.6. The van der Waals surface area contributed by atoms with E-state index in [1.165, 1.54) is 6.33 Å². The van der Waals surface area contributed by atoms with E-state index in [1.807, 2.05) is 19.1 Å². The molecule has 0 spiro atoms. The van der Waals surface area contributed by atoms with E-state index in [0.717, 1.165) is 41.1 Å². The highest BCUT2D eigenvalue weighted by atomic mass is 32.2. The molecule has 1 aliphatic carbocycles. The molecule has 4 aromatic rings. The lowest BCUT2D eigenvalue weighted by molar-refractivity contribution is 0.397. The first-order valence-corrected chi connectivity index (χ1v) is 13.0. The molecule has 1 saturated carbocycles. The Labute approximate surface area is 218 Å². The Bertz CT molecular complexity index is 1500. The van der Waals surface area contributed by atoms with Crippen molar-refractivity contribution >= 4 is 28.9 Å². The number of pyridine rings is 1. The fourth-order valence-corrected chi connectivity index (χ4v) is 4.45. The molecule has 0 aromatic carbocycles. The molecule has 0 saturated heterocycles. The van der Waals surface area contributed by atoms with Crippen LogP contribution in [0.25, 0.3) is 22.6 Å². The molecule has 0 aliphatic heterocycles. The summed E-state index contributed by atoms with van der Waals surface area (Å²) < 4.78 is 7.23. The number of aryl methyl sites for hydroxylation is 1. The Morgan fingerprint density at radius 1 is 1.19 bits per heavy atom. The fourth-order valence-electron chi connectivity index (χ4n) is 4.19. The average Bonchev–Trinajstić information content (AvgIpc) is 3.75. The molecule has 1 aliphatic rings. The van der Waals surface area contributed by atoms with E-state index in [0.29, 0.717) is 53.1 Å². The Morgan fingerprint density at radius 3 is 2.65 bits per heavy atom. The molecule has 0 radical (unpaired) electrons. The molecular formula is C25H29N9O2S. The second kappa shape index (κ2) is 10.4. The van der Waals surface area contributed by atoms with Gasteiger partial charge in [0, 0.05) is 23.6 Å². The van der Waals surface area contributed by atoms with Crippen LogP contribution in [0.15, 0.2) is 34.3 Å². The van der Waals surface area contributed by atoms with Crippen LogP contribution in [-0.4, -0.2) is 41.6 Å². The molecule has 1 fully saturated rings. The number of rotatable bonds is 9. The largest absolute Gasteiger partial charge is 0.480 e. The number of ether oxygens (including phenoxy) is 1. The number of nitrogens with two attached hydrogens (primary N) is 1. The van der Waals surface area contributed by atoms with Crippen LogP contribution in [0.1, 0.15) is 49.7 Å². The third-order valence-corrected chi connectivity index (χ3v) is 6.62. The van der Waals surface area contributed by atoms with Crippen molar-refractivity contribution < 1.29 is 4.74 Å². The van der Waals surface area contributed by atoms with Crippen LogP contribution in [0.5, 0.6) is 5.88 Å². The summed E-state index contributed by atoms with van der Waals surface area (Å²) in [5.41, 5.74) is 3.74. The second-order valence-electron chi connectivity index (χ2n) is 9.45. The molecule has 12 heteroatoms. The summed E-state index contributed by atoms with van der Waals surface area (Å²) in [4.78, 5) is 41.9. The lowest BCUT2D eigenvalue weighted by Gasteiger charge is -2.17. The molecule has 0 unspecified atom stereocenters. The van der Waals surface area contributed by atoms with Crippen molar-refractivity contribution in [3.05, 3.63) is 52.1 Å². The van der Waals surface area contributed by atoms with E-state index >= 15 is 0 Å². The van der Waals surface area contributed by atoms with E-state index in [9.17, 15) is 4.79 Å². The molecule has 3 N–H and O–H groups in total. The van der Waals surface area contributed by atoms with Gasteiger partial charge in [-0.1, -0.05) is 13.8 Å². The standard InChI is InChI=1S/C25H29N9O2S/c1-13(2)11-34-23-19(32-22(25(34)35)28-9-16-7-8-17(37-26)10-27-16)14(3)31-21(33-23)18-20(15-5-6-15)29-12-30-24(18)36-4/h7-8,10,12-13,15H,5-6,9,11,26H2,1-4H3,(H,28,32). The van der Waals surface area contributed by atoms with Gasteiger partial charge in [0.15, 0.2) is 17.3 Å². The van der Waals surface area contributed by atoms with Gasteiger partial charge >= 0.3 is 0 Å². The lowest BCUT2D eigenvalue weighted by atomic mass is 10.1. The Morgan fingerprint density at radius 2 is 2.00 bits per heavy atom. The third kappa shape index (κ3) is 5.12. The maximum Gasteiger partial charge on any atom is 0.294 e. The Hall–Kier alpha value is -3.64. The van der Waals surface area contributed by atoms with Crippen molar-refractivity contribution in [1.29, 1.82) is 0 Å². The summed E-state index contributed by atoms with van der Waals surface area (Å²) in [5.74, 6) is 1.62. The van der Waals surface area contributed by atoms with Crippen molar-refractivity contribution in [3.63, 3.8) is 0 Å². The van der Waals surface area contributed by atoms with Gasteiger partial charge in [-0.05, 0) is 49.8 Å². The SMILES string of the molecule is COc1ncnc(C2CC2)c1-c1nc(C)c2nc(NCc3ccc(SN)cn3)c(=O)n(CC(C)C)c2n1. The van der Waals surface area contributed by atoms with Gasteiger partial charge in [-0.3, -0.25) is 19.5 Å². The second-order valence-corrected chi connectivity index (χ2v) is 10.2. The van der Waals surface area contributed by atoms with Gasteiger partial charge in [-0.25, -0.2) is 24.9 Å². The number of hydrogen-bond acceptors (Lipinski definition) is 11. The molecule has 5 rings (SSSR count). The van der Waals surface area contributed by atoms with Crippen molar-refractivity contribution in [3.8, 4) is 17.3 Å². The highest BCUT2D eigenvalue weighted by Gasteiger charge is 2.32. The van der Waals surface area contributed by atoms with Gasteiger partial charge in [0.1, 0.15) is 17.4 Å². The smallest absolute Gasteiger partial charge is 0.294 e. The number of anilines is 1. The minimum Gasteiger partial charge on any atom is -0.480 e. The van der Waals surface area contributed by atoms with E-state index in [-0.39, 0.29) is 17.3 Å². The first-order valence-electron chi connectivity index (χ1n) is 12.1. The topological polar surface area (TPSA) is 147 Å². The third-order valence-electron chi connectivity index (χ3n) is 6.11. The summed E-state index contributed by atoms with van der Waals surface area (Å²) in [7, 11) is 1.57. The monoisotopic (exact) mass is 519 g/mol. The fraction of sp³-hybridized carbons (Fsp3) is 0.400. The zero-order valence-corrected chi connectivity index (χ0v) is 22.0. The predicted molar refractivity (Wildman–Crippen MR) is 142 cm³/mol. The molecule has 37 heavy (non-hydrogen) atoms. The van der Waals surface area contributed by atoms with Gasteiger partial charge < -0.3 is 10.1 Å². The number of fused-ring (bicyclic) bond motifs is 1. The minimum atomic E-state index is -0.252. The van der Waals surface area contributed by atoms with Crippen LogP contribution in [0.2, 0.25) is 0 Å². The quantitative estimate of drug-likeness (QED) is 0.313. The first kappa shape index (κ1) is 25.0. The Balaban J connectivity index is 1.62. The number of nitrogens with one attached hydrogen (secondary N) is 1. The highest BCUT2D eigenvalue weighted by Crippen LogP contribution is 2.45. The van der Waals surface area contributed by atoms with Crippen LogP contribution < -0.4 is 20.8 Å². The molecule has 0 atom stereocenters. The van der Waals surface area contributed by atoms with Gasteiger partial charge in [0.05, 0.1) is 30.7 Å². The summed E-state index contributed by atoms with van der Waals surface area (Å²) in [6.07, 6.45) is 5.31. The van der Waals surface area contributed by atoms with Crippen molar-refractivity contribution in [1.82, 2.24) is 34.5 Å². The molecule has 192 valence electrons. The predicted octanol–water partition coefficient (Wildman–Crippen LogP) is 3.47. The van der Waals surface area contributed by atoms with Gasteiger partial charge in [0.25, 0.3) is 5.56 Å². The van der Waals surface area contributed by atoms with Crippen molar-refractivity contribution in [2.45, 2.75) is 57.5 Å². The van der Waals surface area contributed by atoms with Crippen LogP contribution in [-0.2, 0) is 13.1 Å². The molecule has 0 bridgehead atoms. The summed E-state index contributed by atoms with van der Waals surface area (Å²) in [5, 5.41) is 8.74. The molecule has 4 aromatic heterocycles. The van der Waals surface area contributed by atoms with Gasteiger partial charge in [-0.15, -0.1) is 0 Å². The van der Waals surface area contributed by atoms with Crippen LogP contribution in [0.3, 0.4) is 0 Å².